The molecule has 0 aliphatic heterocycles. The van der Waals surface area contributed by atoms with Gasteiger partial charge in [-0.3, -0.25) is 4.79 Å². The molecule has 0 aromatic rings. The molecule has 0 heterocycles. The van der Waals surface area contributed by atoms with Crippen molar-refractivity contribution >= 4 is 5.78 Å². The van der Waals surface area contributed by atoms with Crippen LogP contribution in [0.2, 0.25) is 0 Å². The molecule has 1 aliphatic carbocycles. The summed E-state index contributed by atoms with van der Waals surface area (Å²) in [6.45, 7) is -0.487. The number of ketones is 1. The second kappa shape index (κ2) is 1.93. The summed E-state index contributed by atoms with van der Waals surface area (Å²) in [6.07, 6.45) is 3.08. The van der Waals surface area contributed by atoms with Gasteiger partial charge in [0, 0.05) is 6.42 Å². The summed E-state index contributed by atoms with van der Waals surface area (Å²) in [5.74, 6) is -0.398. The van der Waals surface area contributed by atoms with E-state index >= 15 is 0 Å². The van der Waals surface area contributed by atoms with Crippen molar-refractivity contribution in [3.05, 3.63) is 12.2 Å². The van der Waals surface area contributed by atoms with Gasteiger partial charge in [0.25, 0.3) is 0 Å². The fourth-order valence-electron chi connectivity index (χ4n) is 0.759. The molecule has 0 unspecified atom stereocenters. The number of aliphatic hydroxyl groups excluding tert-OH is 1. The molecule has 50 valence electrons. The lowest BCUT2D eigenvalue weighted by Gasteiger charge is -2.15. The van der Waals surface area contributed by atoms with Gasteiger partial charge in [-0.05, 0) is 6.08 Å². The van der Waals surface area contributed by atoms with Crippen LogP contribution >= 0.6 is 0 Å². The van der Waals surface area contributed by atoms with Crippen LogP contribution in [-0.4, -0.2) is 28.2 Å². The molecule has 0 amide bonds. The lowest BCUT2D eigenvalue weighted by atomic mass is 10.0. The Morgan fingerprint density at radius 2 is 2.44 bits per heavy atom. The fourth-order valence-corrected chi connectivity index (χ4v) is 0.759. The predicted molar refractivity (Wildman–Crippen MR) is 30.8 cm³/mol. The van der Waals surface area contributed by atoms with Gasteiger partial charge in [-0.2, -0.15) is 0 Å². The standard InChI is InChI=1S/C6H8O3/c7-4-6(9)3-1-2-5(6)8/h1-2,7,9H,3-4H2/t6-/m1/s1. The first-order valence-electron chi connectivity index (χ1n) is 2.73. The van der Waals surface area contributed by atoms with Crippen molar-refractivity contribution in [1.82, 2.24) is 0 Å². The summed E-state index contributed by atoms with van der Waals surface area (Å²) >= 11 is 0. The van der Waals surface area contributed by atoms with Crippen LogP contribution in [0.25, 0.3) is 0 Å². The number of hydrogen-bond donors (Lipinski definition) is 2. The molecule has 0 saturated carbocycles. The van der Waals surface area contributed by atoms with E-state index in [2.05, 4.69) is 0 Å². The van der Waals surface area contributed by atoms with Crippen LogP contribution in [0.5, 0.6) is 0 Å². The van der Waals surface area contributed by atoms with Crippen LogP contribution in [-0.2, 0) is 4.79 Å². The lowest BCUT2D eigenvalue weighted by Crippen LogP contribution is -2.37. The minimum atomic E-state index is -1.50. The molecule has 3 heteroatoms. The minimum Gasteiger partial charge on any atom is -0.393 e. The van der Waals surface area contributed by atoms with E-state index in [4.69, 9.17) is 10.2 Å². The van der Waals surface area contributed by atoms with Crippen molar-refractivity contribution in [3.63, 3.8) is 0 Å². The van der Waals surface area contributed by atoms with Gasteiger partial charge in [0.2, 0.25) is 0 Å². The molecule has 0 aromatic carbocycles. The summed E-state index contributed by atoms with van der Waals surface area (Å²) in [4.78, 5) is 10.6. The first kappa shape index (κ1) is 6.45. The maximum Gasteiger partial charge on any atom is 0.189 e. The number of hydrogen-bond acceptors (Lipinski definition) is 3. The highest BCUT2D eigenvalue weighted by Crippen LogP contribution is 2.18. The van der Waals surface area contributed by atoms with Crippen molar-refractivity contribution in [2.24, 2.45) is 0 Å². The maximum atomic E-state index is 10.6. The molecular formula is C6H8O3. The second-order valence-electron chi connectivity index (χ2n) is 2.16. The van der Waals surface area contributed by atoms with Gasteiger partial charge in [0.05, 0.1) is 6.61 Å². The average Bonchev–Trinajstić information content (AvgIpc) is 2.15. The van der Waals surface area contributed by atoms with E-state index in [-0.39, 0.29) is 6.42 Å². The molecule has 0 fully saturated rings. The molecular weight excluding hydrogens is 120 g/mol. The number of aliphatic hydroxyl groups is 2. The third-order valence-electron chi connectivity index (χ3n) is 1.44. The van der Waals surface area contributed by atoms with Crippen LogP contribution in [0.1, 0.15) is 6.42 Å². The highest BCUT2D eigenvalue weighted by atomic mass is 16.3. The number of rotatable bonds is 1. The molecule has 1 atom stereocenters. The third-order valence-corrected chi connectivity index (χ3v) is 1.44. The quantitative estimate of drug-likeness (QED) is 0.488. The average molecular weight is 128 g/mol. The van der Waals surface area contributed by atoms with E-state index in [0.29, 0.717) is 0 Å². The molecule has 0 spiro atoms. The zero-order valence-corrected chi connectivity index (χ0v) is 4.87. The van der Waals surface area contributed by atoms with Gasteiger partial charge in [-0.15, -0.1) is 0 Å². The van der Waals surface area contributed by atoms with Crippen molar-refractivity contribution in [2.45, 2.75) is 12.0 Å². The van der Waals surface area contributed by atoms with E-state index in [0.717, 1.165) is 0 Å². The Kier molecular flexibility index (Phi) is 1.38. The van der Waals surface area contributed by atoms with Crippen LogP contribution < -0.4 is 0 Å². The second-order valence-corrected chi connectivity index (χ2v) is 2.16. The van der Waals surface area contributed by atoms with Crippen molar-refractivity contribution in [1.29, 1.82) is 0 Å². The summed E-state index contributed by atoms with van der Waals surface area (Å²) in [5, 5.41) is 17.6. The van der Waals surface area contributed by atoms with Crippen molar-refractivity contribution in [3.8, 4) is 0 Å². The van der Waals surface area contributed by atoms with Crippen molar-refractivity contribution in [2.75, 3.05) is 6.61 Å². The molecule has 0 bridgehead atoms. The van der Waals surface area contributed by atoms with Crippen LogP contribution in [0, 0.1) is 0 Å². The van der Waals surface area contributed by atoms with Crippen LogP contribution in [0.3, 0.4) is 0 Å². The van der Waals surface area contributed by atoms with E-state index in [1.54, 1.807) is 6.08 Å². The topological polar surface area (TPSA) is 57.5 Å². The predicted octanol–water partition coefficient (Wildman–Crippen LogP) is -0.761. The summed E-state index contributed by atoms with van der Waals surface area (Å²) in [5.41, 5.74) is -1.50. The summed E-state index contributed by atoms with van der Waals surface area (Å²) < 4.78 is 0. The van der Waals surface area contributed by atoms with Crippen molar-refractivity contribution < 1.29 is 15.0 Å². The molecule has 3 nitrogen and oxygen atoms in total. The molecule has 1 aliphatic rings. The van der Waals surface area contributed by atoms with Crippen LogP contribution in [0.15, 0.2) is 12.2 Å². The Bertz CT molecular complexity index is 162. The molecule has 1 rings (SSSR count). The molecule has 0 saturated heterocycles. The van der Waals surface area contributed by atoms with Gasteiger partial charge in [-0.1, -0.05) is 6.08 Å². The van der Waals surface area contributed by atoms with Gasteiger partial charge in [0.15, 0.2) is 11.4 Å². The van der Waals surface area contributed by atoms with Gasteiger partial charge in [0.1, 0.15) is 0 Å². The highest BCUT2D eigenvalue weighted by molar-refractivity contribution is 5.99. The van der Waals surface area contributed by atoms with Gasteiger partial charge < -0.3 is 10.2 Å². The molecule has 0 radical (unpaired) electrons. The Balaban J connectivity index is 2.74. The van der Waals surface area contributed by atoms with E-state index in [1.165, 1.54) is 6.08 Å². The summed E-state index contributed by atoms with van der Waals surface area (Å²) in [6, 6.07) is 0. The Hall–Kier alpha value is -0.670. The Labute approximate surface area is 52.6 Å². The Morgan fingerprint density at radius 1 is 1.78 bits per heavy atom. The molecule has 2 N–H and O–H groups in total. The monoisotopic (exact) mass is 128 g/mol. The molecule has 9 heavy (non-hydrogen) atoms. The largest absolute Gasteiger partial charge is 0.393 e. The maximum absolute atomic E-state index is 10.6. The normalized spacial score (nSPS) is 33.8. The molecule has 0 aromatic heterocycles. The first-order chi connectivity index (χ1) is 4.19. The van der Waals surface area contributed by atoms with E-state index < -0.39 is 18.0 Å². The lowest BCUT2D eigenvalue weighted by molar-refractivity contribution is -0.134. The Morgan fingerprint density at radius 3 is 2.67 bits per heavy atom. The third kappa shape index (κ3) is 0.886. The van der Waals surface area contributed by atoms with E-state index in [1.807, 2.05) is 0 Å². The SMILES string of the molecule is O=C1C=CC[C@@]1(O)CO. The highest BCUT2D eigenvalue weighted by Gasteiger charge is 2.35. The smallest absolute Gasteiger partial charge is 0.189 e. The van der Waals surface area contributed by atoms with Gasteiger partial charge in [-0.25, -0.2) is 0 Å². The van der Waals surface area contributed by atoms with E-state index in [9.17, 15) is 4.79 Å². The fraction of sp³-hybridized carbons (Fsp3) is 0.500. The first-order valence-corrected chi connectivity index (χ1v) is 2.73. The summed E-state index contributed by atoms with van der Waals surface area (Å²) in [7, 11) is 0. The minimum absolute atomic E-state index is 0.238. The number of carbonyl (C=O) groups excluding carboxylic acids is 1. The van der Waals surface area contributed by atoms with Gasteiger partial charge >= 0.3 is 0 Å². The zero-order chi connectivity index (χ0) is 6.91. The van der Waals surface area contributed by atoms with Crippen LogP contribution in [0.4, 0.5) is 0 Å². The zero-order valence-electron chi connectivity index (χ0n) is 4.87. The number of carbonyl (C=O) groups is 1.